The number of hydrogen-bond donors (Lipinski definition) is 0. The minimum Gasteiger partial charge on any atom is -0.347 e. The van der Waals surface area contributed by atoms with Gasteiger partial charge in [-0.2, -0.15) is 10.4 Å². The third-order valence-corrected chi connectivity index (χ3v) is 3.11. The van der Waals surface area contributed by atoms with Gasteiger partial charge in [-0.25, -0.2) is 0 Å². The first kappa shape index (κ1) is 13.8. The SMILES string of the molecule is Cc1ccc(C#N)cc1-c1cnn(CC(=O)N(C)C)c1. The second kappa shape index (κ2) is 5.57. The van der Waals surface area contributed by atoms with Crippen LogP contribution in [-0.2, 0) is 11.3 Å². The van der Waals surface area contributed by atoms with Crippen molar-refractivity contribution >= 4 is 5.91 Å². The fourth-order valence-electron chi connectivity index (χ4n) is 1.87. The second-order valence-electron chi connectivity index (χ2n) is 4.86. The zero-order chi connectivity index (χ0) is 14.7. The zero-order valence-electron chi connectivity index (χ0n) is 11.8. The smallest absolute Gasteiger partial charge is 0.243 e. The molecule has 0 saturated heterocycles. The first-order chi connectivity index (χ1) is 9.51. The standard InChI is InChI=1S/C15H16N4O/c1-11-4-5-12(7-16)6-14(11)13-8-17-19(9-13)10-15(20)18(2)3/h4-6,8-9H,10H2,1-3H3. The monoisotopic (exact) mass is 268 g/mol. The van der Waals surface area contributed by atoms with Crippen molar-refractivity contribution in [1.29, 1.82) is 5.26 Å². The van der Waals surface area contributed by atoms with E-state index < -0.39 is 0 Å². The number of rotatable bonds is 3. The molecule has 0 aliphatic heterocycles. The van der Waals surface area contributed by atoms with E-state index in [0.717, 1.165) is 16.7 Å². The summed E-state index contributed by atoms with van der Waals surface area (Å²) in [6.45, 7) is 2.20. The van der Waals surface area contributed by atoms with E-state index in [1.165, 1.54) is 4.90 Å². The van der Waals surface area contributed by atoms with Crippen LogP contribution in [0.5, 0.6) is 0 Å². The highest BCUT2D eigenvalue weighted by Gasteiger charge is 2.09. The average molecular weight is 268 g/mol. The molecule has 0 unspecified atom stereocenters. The molecule has 5 nitrogen and oxygen atoms in total. The number of benzene rings is 1. The number of aromatic nitrogens is 2. The van der Waals surface area contributed by atoms with Crippen LogP contribution < -0.4 is 0 Å². The number of aryl methyl sites for hydroxylation is 1. The Kier molecular flexibility index (Phi) is 3.85. The molecule has 1 amide bonds. The minimum atomic E-state index is -0.0119. The van der Waals surface area contributed by atoms with Gasteiger partial charge in [-0.1, -0.05) is 6.07 Å². The molecule has 102 valence electrons. The molecular formula is C15H16N4O. The van der Waals surface area contributed by atoms with Crippen LogP contribution in [0.25, 0.3) is 11.1 Å². The fraction of sp³-hybridized carbons (Fsp3) is 0.267. The lowest BCUT2D eigenvalue weighted by Crippen LogP contribution is -2.26. The summed E-state index contributed by atoms with van der Waals surface area (Å²) in [7, 11) is 3.43. The molecule has 20 heavy (non-hydrogen) atoms. The molecule has 0 aliphatic carbocycles. The predicted molar refractivity (Wildman–Crippen MR) is 75.8 cm³/mol. The summed E-state index contributed by atoms with van der Waals surface area (Å²) in [4.78, 5) is 13.2. The van der Waals surface area contributed by atoms with Crippen molar-refractivity contribution < 1.29 is 4.79 Å². The molecule has 1 aromatic heterocycles. The zero-order valence-corrected chi connectivity index (χ0v) is 11.8. The van der Waals surface area contributed by atoms with E-state index in [2.05, 4.69) is 11.2 Å². The van der Waals surface area contributed by atoms with Crippen LogP contribution in [0.15, 0.2) is 30.6 Å². The van der Waals surface area contributed by atoms with Crippen molar-refractivity contribution in [2.45, 2.75) is 13.5 Å². The molecule has 0 saturated carbocycles. The first-order valence-electron chi connectivity index (χ1n) is 6.25. The molecular weight excluding hydrogens is 252 g/mol. The van der Waals surface area contributed by atoms with Crippen LogP contribution in [0.1, 0.15) is 11.1 Å². The van der Waals surface area contributed by atoms with Gasteiger partial charge in [-0.05, 0) is 30.2 Å². The van der Waals surface area contributed by atoms with Crippen molar-refractivity contribution in [2.75, 3.05) is 14.1 Å². The summed E-state index contributed by atoms with van der Waals surface area (Å²) < 4.78 is 1.61. The summed E-state index contributed by atoms with van der Waals surface area (Å²) >= 11 is 0. The molecule has 0 bridgehead atoms. The maximum Gasteiger partial charge on any atom is 0.243 e. The van der Waals surface area contributed by atoms with E-state index in [1.807, 2.05) is 25.3 Å². The molecule has 2 aromatic rings. The van der Waals surface area contributed by atoms with Crippen LogP contribution in [0.3, 0.4) is 0 Å². The Morgan fingerprint density at radius 3 is 2.85 bits per heavy atom. The number of nitrogens with zero attached hydrogens (tertiary/aromatic N) is 4. The van der Waals surface area contributed by atoms with Crippen LogP contribution >= 0.6 is 0 Å². The van der Waals surface area contributed by atoms with Crippen molar-refractivity contribution in [3.05, 3.63) is 41.7 Å². The van der Waals surface area contributed by atoms with Crippen molar-refractivity contribution in [1.82, 2.24) is 14.7 Å². The van der Waals surface area contributed by atoms with E-state index in [1.54, 1.807) is 31.0 Å². The Hall–Kier alpha value is -2.61. The number of carbonyl (C=O) groups is 1. The van der Waals surface area contributed by atoms with Crippen LogP contribution in [0.4, 0.5) is 0 Å². The second-order valence-corrected chi connectivity index (χ2v) is 4.86. The summed E-state index contributed by atoms with van der Waals surface area (Å²) in [5.74, 6) is -0.0119. The maximum atomic E-state index is 11.6. The van der Waals surface area contributed by atoms with Crippen molar-refractivity contribution in [3.8, 4) is 17.2 Å². The summed E-state index contributed by atoms with van der Waals surface area (Å²) in [6.07, 6.45) is 3.54. The normalized spacial score (nSPS) is 10.1. The van der Waals surface area contributed by atoms with Crippen molar-refractivity contribution in [3.63, 3.8) is 0 Å². The number of nitriles is 1. The van der Waals surface area contributed by atoms with Crippen molar-refractivity contribution in [2.24, 2.45) is 0 Å². The predicted octanol–water partition coefficient (Wildman–Crippen LogP) is 1.82. The molecule has 0 radical (unpaired) electrons. The lowest BCUT2D eigenvalue weighted by Gasteiger charge is -2.09. The van der Waals surface area contributed by atoms with Gasteiger partial charge in [-0.15, -0.1) is 0 Å². The number of hydrogen-bond acceptors (Lipinski definition) is 3. The van der Waals surface area contributed by atoms with Gasteiger partial charge in [0.2, 0.25) is 5.91 Å². The topological polar surface area (TPSA) is 61.9 Å². The van der Waals surface area contributed by atoms with E-state index in [0.29, 0.717) is 5.56 Å². The van der Waals surface area contributed by atoms with E-state index in [9.17, 15) is 4.79 Å². The summed E-state index contributed by atoms with van der Waals surface area (Å²) in [5.41, 5.74) is 3.56. The van der Waals surface area contributed by atoms with Gasteiger partial charge < -0.3 is 4.90 Å². The van der Waals surface area contributed by atoms with Gasteiger partial charge >= 0.3 is 0 Å². The van der Waals surface area contributed by atoms with Crippen LogP contribution in [0, 0.1) is 18.3 Å². The van der Waals surface area contributed by atoms with Gasteiger partial charge in [0.15, 0.2) is 0 Å². The first-order valence-corrected chi connectivity index (χ1v) is 6.25. The van der Waals surface area contributed by atoms with Gasteiger partial charge in [0.05, 0.1) is 17.8 Å². The Morgan fingerprint density at radius 1 is 1.45 bits per heavy atom. The third kappa shape index (κ3) is 2.86. The Labute approximate surface area is 118 Å². The molecule has 2 rings (SSSR count). The minimum absolute atomic E-state index is 0.0119. The molecule has 1 aromatic carbocycles. The molecule has 5 heteroatoms. The molecule has 0 fully saturated rings. The van der Waals surface area contributed by atoms with Crippen LogP contribution in [-0.4, -0.2) is 34.7 Å². The molecule has 0 spiro atoms. The summed E-state index contributed by atoms with van der Waals surface area (Å²) in [5, 5.41) is 13.2. The van der Waals surface area contributed by atoms with Gasteiger partial charge in [0.25, 0.3) is 0 Å². The van der Waals surface area contributed by atoms with E-state index in [4.69, 9.17) is 5.26 Å². The molecule has 0 aliphatic rings. The number of amides is 1. The third-order valence-electron chi connectivity index (χ3n) is 3.11. The Balaban J connectivity index is 2.29. The van der Waals surface area contributed by atoms with Crippen LogP contribution in [0.2, 0.25) is 0 Å². The maximum absolute atomic E-state index is 11.6. The van der Waals surface area contributed by atoms with E-state index >= 15 is 0 Å². The van der Waals surface area contributed by atoms with Gasteiger partial charge in [0.1, 0.15) is 6.54 Å². The highest BCUT2D eigenvalue weighted by atomic mass is 16.2. The lowest BCUT2D eigenvalue weighted by molar-refractivity contribution is -0.129. The quantitative estimate of drug-likeness (QED) is 0.853. The molecule has 1 heterocycles. The average Bonchev–Trinajstić information content (AvgIpc) is 2.87. The summed E-state index contributed by atoms with van der Waals surface area (Å²) in [6, 6.07) is 7.67. The molecule has 0 atom stereocenters. The van der Waals surface area contributed by atoms with E-state index in [-0.39, 0.29) is 12.5 Å². The highest BCUT2D eigenvalue weighted by Crippen LogP contribution is 2.23. The van der Waals surface area contributed by atoms with Gasteiger partial charge in [0, 0.05) is 25.9 Å². The molecule has 0 N–H and O–H groups in total. The highest BCUT2D eigenvalue weighted by molar-refractivity contribution is 5.75. The Morgan fingerprint density at radius 2 is 2.20 bits per heavy atom. The number of carbonyl (C=O) groups excluding carboxylic acids is 1. The number of likely N-dealkylation sites (N-methyl/N-ethyl adjacent to an activating group) is 1. The Bertz CT molecular complexity index is 679. The van der Waals surface area contributed by atoms with Gasteiger partial charge in [-0.3, -0.25) is 9.48 Å². The fourth-order valence-corrected chi connectivity index (χ4v) is 1.87. The largest absolute Gasteiger partial charge is 0.347 e. The lowest BCUT2D eigenvalue weighted by atomic mass is 10.0.